The third-order valence-electron chi connectivity index (χ3n) is 3.19. The lowest BCUT2D eigenvalue weighted by Gasteiger charge is -2.06. The van der Waals surface area contributed by atoms with E-state index in [0.29, 0.717) is 0 Å². The van der Waals surface area contributed by atoms with Crippen LogP contribution in [0.1, 0.15) is 38.7 Å². The molecular formula is C15H23N3S. The van der Waals surface area contributed by atoms with Crippen LogP contribution in [0, 0.1) is 5.92 Å². The van der Waals surface area contributed by atoms with E-state index in [2.05, 4.69) is 46.9 Å². The summed E-state index contributed by atoms with van der Waals surface area (Å²) in [5.74, 6) is 0.819. The van der Waals surface area contributed by atoms with Gasteiger partial charge in [0.1, 0.15) is 0 Å². The quantitative estimate of drug-likeness (QED) is 0.715. The van der Waals surface area contributed by atoms with Gasteiger partial charge in [0, 0.05) is 12.1 Å². The predicted octanol–water partition coefficient (Wildman–Crippen LogP) is 4.05. The number of hydrogen-bond donors (Lipinski definition) is 2. The molecule has 0 atom stereocenters. The molecule has 0 radical (unpaired) electrons. The molecule has 2 N–H and O–H groups in total. The zero-order chi connectivity index (χ0) is 13.5. The van der Waals surface area contributed by atoms with Gasteiger partial charge in [-0.05, 0) is 30.3 Å². The van der Waals surface area contributed by atoms with Gasteiger partial charge in [-0.15, -0.1) is 11.3 Å². The van der Waals surface area contributed by atoms with Crippen LogP contribution in [0.4, 0.5) is 0 Å². The number of aromatic amines is 1. The monoisotopic (exact) mass is 277 g/mol. The number of thiophene rings is 1. The molecule has 3 nitrogen and oxygen atoms in total. The number of hydrogen-bond acceptors (Lipinski definition) is 3. The Labute approximate surface area is 119 Å². The molecule has 2 aromatic heterocycles. The van der Waals surface area contributed by atoms with Gasteiger partial charge in [0.25, 0.3) is 0 Å². The summed E-state index contributed by atoms with van der Waals surface area (Å²) in [6, 6.07) is 4.20. The van der Waals surface area contributed by atoms with Crippen molar-refractivity contribution in [2.75, 3.05) is 6.54 Å². The van der Waals surface area contributed by atoms with E-state index in [1.54, 1.807) is 11.3 Å². The fourth-order valence-electron chi connectivity index (χ4n) is 2.10. The molecule has 0 aromatic carbocycles. The second-order valence-corrected chi connectivity index (χ2v) is 6.26. The Kier molecular flexibility index (Phi) is 5.61. The van der Waals surface area contributed by atoms with Crippen molar-refractivity contribution in [3.05, 3.63) is 29.3 Å². The Hall–Kier alpha value is -1.13. The predicted molar refractivity (Wildman–Crippen MR) is 82.3 cm³/mol. The molecule has 0 spiro atoms. The third-order valence-corrected chi connectivity index (χ3v) is 4.07. The van der Waals surface area contributed by atoms with E-state index in [1.807, 2.05) is 6.20 Å². The minimum atomic E-state index is 0.819. The van der Waals surface area contributed by atoms with Crippen LogP contribution in [-0.4, -0.2) is 16.7 Å². The Balaban J connectivity index is 1.74. The highest BCUT2D eigenvalue weighted by Crippen LogP contribution is 2.25. The Bertz CT molecular complexity index is 459. The first kappa shape index (κ1) is 14.3. The van der Waals surface area contributed by atoms with Crippen LogP contribution in [0.2, 0.25) is 0 Å². The van der Waals surface area contributed by atoms with Gasteiger partial charge < -0.3 is 5.32 Å². The summed E-state index contributed by atoms with van der Waals surface area (Å²) in [4.78, 5) is 1.26. The molecule has 2 rings (SSSR count). The lowest BCUT2D eigenvalue weighted by atomic mass is 10.1. The summed E-state index contributed by atoms with van der Waals surface area (Å²) < 4.78 is 0. The van der Waals surface area contributed by atoms with Crippen LogP contribution in [-0.2, 0) is 6.54 Å². The minimum Gasteiger partial charge on any atom is -0.313 e. The summed E-state index contributed by atoms with van der Waals surface area (Å²) in [5.41, 5.74) is 2.41. The van der Waals surface area contributed by atoms with Crippen molar-refractivity contribution in [1.29, 1.82) is 0 Å². The number of nitrogens with zero attached hydrogens (tertiary/aromatic N) is 1. The van der Waals surface area contributed by atoms with E-state index in [9.17, 15) is 0 Å². The van der Waals surface area contributed by atoms with E-state index in [4.69, 9.17) is 0 Å². The molecule has 0 fully saturated rings. The van der Waals surface area contributed by atoms with Gasteiger partial charge >= 0.3 is 0 Å². The van der Waals surface area contributed by atoms with Crippen molar-refractivity contribution in [3.63, 3.8) is 0 Å². The normalized spacial score (nSPS) is 11.3. The standard InChI is InChI=1S/C15H23N3S/c1-12(2)6-3-4-8-16-10-13-11-17-18-15(13)14-7-5-9-19-14/h5,7,9,11-12,16H,3-4,6,8,10H2,1-2H3,(H,17,18). The topological polar surface area (TPSA) is 40.7 Å². The van der Waals surface area contributed by atoms with Crippen molar-refractivity contribution in [1.82, 2.24) is 15.5 Å². The maximum absolute atomic E-state index is 4.16. The van der Waals surface area contributed by atoms with E-state index in [1.165, 1.54) is 29.7 Å². The van der Waals surface area contributed by atoms with Crippen molar-refractivity contribution in [2.24, 2.45) is 5.92 Å². The Morgan fingerprint density at radius 1 is 1.37 bits per heavy atom. The molecular weight excluding hydrogens is 254 g/mol. The van der Waals surface area contributed by atoms with Gasteiger partial charge in [-0.3, -0.25) is 5.10 Å². The molecule has 0 unspecified atom stereocenters. The molecule has 0 amide bonds. The summed E-state index contributed by atoms with van der Waals surface area (Å²) in [6.45, 7) is 6.55. The van der Waals surface area contributed by atoms with Gasteiger partial charge in [-0.25, -0.2) is 0 Å². The highest BCUT2D eigenvalue weighted by molar-refractivity contribution is 7.13. The maximum atomic E-state index is 4.16. The van der Waals surface area contributed by atoms with Crippen molar-refractivity contribution < 1.29 is 0 Å². The smallest absolute Gasteiger partial charge is 0.0794 e. The fourth-order valence-corrected chi connectivity index (χ4v) is 2.86. The van der Waals surface area contributed by atoms with Crippen molar-refractivity contribution in [3.8, 4) is 10.6 Å². The fraction of sp³-hybridized carbons (Fsp3) is 0.533. The highest BCUT2D eigenvalue weighted by atomic mass is 32.1. The summed E-state index contributed by atoms with van der Waals surface area (Å²) in [6.07, 6.45) is 5.82. The maximum Gasteiger partial charge on any atom is 0.0794 e. The second kappa shape index (κ2) is 7.46. The van der Waals surface area contributed by atoms with Crippen LogP contribution in [0.5, 0.6) is 0 Å². The van der Waals surface area contributed by atoms with Gasteiger partial charge in [0.05, 0.1) is 16.8 Å². The number of rotatable bonds is 8. The molecule has 0 bridgehead atoms. The second-order valence-electron chi connectivity index (χ2n) is 5.31. The first-order valence-electron chi connectivity index (χ1n) is 7.04. The number of aromatic nitrogens is 2. The highest BCUT2D eigenvalue weighted by Gasteiger charge is 2.07. The van der Waals surface area contributed by atoms with Crippen molar-refractivity contribution >= 4 is 11.3 Å². The first-order valence-corrected chi connectivity index (χ1v) is 7.92. The van der Waals surface area contributed by atoms with Crippen LogP contribution in [0.25, 0.3) is 10.6 Å². The molecule has 2 heterocycles. The molecule has 0 saturated heterocycles. The average Bonchev–Trinajstić information content (AvgIpc) is 3.03. The van der Waals surface area contributed by atoms with E-state index < -0.39 is 0 Å². The number of H-pyrrole nitrogens is 1. The number of unbranched alkanes of at least 4 members (excludes halogenated alkanes) is 1. The molecule has 0 aliphatic heterocycles. The lowest BCUT2D eigenvalue weighted by molar-refractivity contribution is 0.521. The average molecular weight is 277 g/mol. The minimum absolute atomic E-state index is 0.819. The zero-order valence-electron chi connectivity index (χ0n) is 11.8. The molecule has 0 aliphatic carbocycles. The van der Waals surface area contributed by atoms with Gasteiger partial charge in [0.15, 0.2) is 0 Å². The largest absolute Gasteiger partial charge is 0.313 e. The van der Waals surface area contributed by atoms with E-state index >= 15 is 0 Å². The first-order chi connectivity index (χ1) is 9.27. The number of nitrogens with one attached hydrogen (secondary N) is 2. The van der Waals surface area contributed by atoms with Gasteiger partial charge in [-0.1, -0.05) is 32.8 Å². The molecule has 2 aromatic rings. The SMILES string of the molecule is CC(C)CCCCNCc1cn[nH]c1-c1cccs1. The van der Waals surface area contributed by atoms with Crippen LogP contribution in [0.15, 0.2) is 23.7 Å². The van der Waals surface area contributed by atoms with Gasteiger partial charge in [0.2, 0.25) is 0 Å². The molecule has 104 valence electrons. The third kappa shape index (κ3) is 4.48. The lowest BCUT2D eigenvalue weighted by Crippen LogP contribution is -2.14. The van der Waals surface area contributed by atoms with Crippen LogP contribution in [0.3, 0.4) is 0 Å². The molecule has 19 heavy (non-hydrogen) atoms. The van der Waals surface area contributed by atoms with Crippen LogP contribution >= 0.6 is 11.3 Å². The van der Waals surface area contributed by atoms with Gasteiger partial charge in [-0.2, -0.15) is 5.10 Å². The van der Waals surface area contributed by atoms with Crippen molar-refractivity contribution in [2.45, 2.75) is 39.7 Å². The summed E-state index contributed by atoms with van der Waals surface area (Å²) in [7, 11) is 0. The Morgan fingerprint density at radius 2 is 2.26 bits per heavy atom. The Morgan fingerprint density at radius 3 is 3.00 bits per heavy atom. The van der Waals surface area contributed by atoms with Crippen LogP contribution < -0.4 is 5.32 Å². The molecule has 0 saturated carbocycles. The summed E-state index contributed by atoms with van der Waals surface area (Å²) >= 11 is 1.75. The molecule has 0 aliphatic rings. The molecule has 4 heteroatoms. The van der Waals surface area contributed by atoms with E-state index in [0.717, 1.165) is 24.7 Å². The zero-order valence-corrected chi connectivity index (χ0v) is 12.6. The summed E-state index contributed by atoms with van der Waals surface area (Å²) in [5, 5.41) is 12.9. The van der Waals surface area contributed by atoms with E-state index in [-0.39, 0.29) is 0 Å².